The monoisotopic (exact) mass is 218 g/mol. The van der Waals surface area contributed by atoms with E-state index in [1.54, 1.807) is 0 Å². The molecule has 0 aliphatic heterocycles. The highest BCUT2D eigenvalue weighted by Crippen LogP contribution is 1.97. The Morgan fingerprint density at radius 2 is 0.933 bits per heavy atom. The molecule has 92 valence electrons. The molecule has 0 aliphatic carbocycles. The van der Waals surface area contributed by atoms with Crippen LogP contribution in [0.2, 0.25) is 0 Å². The number of nitrogens with two attached hydrogens (primary N) is 2. The first-order valence-electron chi connectivity index (χ1n) is 5.97. The van der Waals surface area contributed by atoms with Gasteiger partial charge in [-0.25, -0.2) is 0 Å². The average molecular weight is 218 g/mol. The maximum atomic E-state index is 5.38. The lowest BCUT2D eigenvalue weighted by atomic mass is 10.2. The van der Waals surface area contributed by atoms with Crippen molar-refractivity contribution in [3.8, 4) is 0 Å². The summed E-state index contributed by atoms with van der Waals surface area (Å²) in [6, 6.07) is 0. The van der Waals surface area contributed by atoms with Crippen LogP contribution in [0, 0.1) is 0 Å². The van der Waals surface area contributed by atoms with Gasteiger partial charge in [0.2, 0.25) is 0 Å². The number of rotatable bonds is 12. The van der Waals surface area contributed by atoms with Crippen molar-refractivity contribution in [1.82, 2.24) is 0 Å². The van der Waals surface area contributed by atoms with Crippen LogP contribution < -0.4 is 11.5 Å². The van der Waals surface area contributed by atoms with Gasteiger partial charge in [-0.3, -0.25) is 0 Å². The van der Waals surface area contributed by atoms with E-state index in [9.17, 15) is 0 Å². The molecule has 0 spiro atoms. The highest BCUT2D eigenvalue weighted by Gasteiger charge is 1.91. The van der Waals surface area contributed by atoms with Crippen LogP contribution in [0.4, 0.5) is 0 Å². The SMILES string of the molecule is NCCCOCCCCCOCCCN. The molecule has 0 radical (unpaired) electrons. The fourth-order valence-corrected chi connectivity index (χ4v) is 1.16. The van der Waals surface area contributed by atoms with Gasteiger partial charge in [-0.1, -0.05) is 0 Å². The highest BCUT2D eigenvalue weighted by atomic mass is 16.5. The van der Waals surface area contributed by atoms with E-state index in [4.69, 9.17) is 20.9 Å². The summed E-state index contributed by atoms with van der Waals surface area (Å²) in [6.45, 7) is 4.72. The molecule has 0 saturated heterocycles. The van der Waals surface area contributed by atoms with E-state index >= 15 is 0 Å². The second kappa shape index (κ2) is 13.8. The molecule has 0 amide bonds. The molecule has 0 rings (SSSR count). The summed E-state index contributed by atoms with van der Waals surface area (Å²) in [4.78, 5) is 0. The van der Waals surface area contributed by atoms with Gasteiger partial charge in [0, 0.05) is 26.4 Å². The first kappa shape index (κ1) is 14.8. The molecule has 15 heavy (non-hydrogen) atoms. The molecule has 0 aromatic rings. The summed E-state index contributed by atoms with van der Waals surface area (Å²) in [5.41, 5.74) is 10.7. The number of hydrogen-bond acceptors (Lipinski definition) is 4. The van der Waals surface area contributed by atoms with E-state index in [1.807, 2.05) is 0 Å². The number of unbranched alkanes of at least 4 members (excludes halogenated alkanes) is 2. The van der Waals surface area contributed by atoms with E-state index in [0.29, 0.717) is 0 Å². The van der Waals surface area contributed by atoms with Crippen molar-refractivity contribution in [2.24, 2.45) is 11.5 Å². The molecular formula is C11H26N2O2. The number of hydrogen-bond donors (Lipinski definition) is 2. The van der Waals surface area contributed by atoms with E-state index in [-0.39, 0.29) is 0 Å². The standard InChI is InChI=1S/C11H26N2O2/c12-6-4-10-14-8-2-1-3-9-15-11-5-7-13/h1-13H2. The van der Waals surface area contributed by atoms with Crippen molar-refractivity contribution in [2.75, 3.05) is 39.5 Å². The molecule has 0 saturated carbocycles. The van der Waals surface area contributed by atoms with Gasteiger partial charge in [0.05, 0.1) is 0 Å². The molecule has 4 nitrogen and oxygen atoms in total. The minimum absolute atomic E-state index is 0.717. The van der Waals surface area contributed by atoms with Gasteiger partial charge in [-0.2, -0.15) is 0 Å². The first-order valence-corrected chi connectivity index (χ1v) is 5.97. The largest absolute Gasteiger partial charge is 0.381 e. The molecule has 0 aromatic heterocycles. The van der Waals surface area contributed by atoms with Gasteiger partial charge in [0.1, 0.15) is 0 Å². The van der Waals surface area contributed by atoms with Gasteiger partial charge in [0.25, 0.3) is 0 Å². The predicted molar refractivity (Wildman–Crippen MR) is 62.8 cm³/mol. The molecule has 0 atom stereocenters. The Morgan fingerprint density at radius 3 is 1.33 bits per heavy atom. The zero-order chi connectivity index (χ0) is 11.2. The molecule has 4 N–H and O–H groups in total. The molecule has 0 aromatic carbocycles. The molecule has 4 heteroatoms. The minimum atomic E-state index is 0.717. The minimum Gasteiger partial charge on any atom is -0.381 e. The van der Waals surface area contributed by atoms with Gasteiger partial charge in [-0.15, -0.1) is 0 Å². The lowest BCUT2D eigenvalue weighted by Gasteiger charge is -2.04. The zero-order valence-corrected chi connectivity index (χ0v) is 9.75. The van der Waals surface area contributed by atoms with E-state index < -0.39 is 0 Å². The van der Waals surface area contributed by atoms with Crippen LogP contribution in [0.25, 0.3) is 0 Å². The summed E-state index contributed by atoms with van der Waals surface area (Å²) in [6.07, 6.45) is 5.32. The smallest absolute Gasteiger partial charge is 0.0478 e. The van der Waals surface area contributed by atoms with Crippen molar-refractivity contribution >= 4 is 0 Å². The van der Waals surface area contributed by atoms with Gasteiger partial charge >= 0.3 is 0 Å². The second-order valence-electron chi connectivity index (χ2n) is 3.57. The fourth-order valence-electron chi connectivity index (χ4n) is 1.16. The van der Waals surface area contributed by atoms with Crippen LogP contribution in [-0.4, -0.2) is 39.5 Å². The lowest BCUT2D eigenvalue weighted by molar-refractivity contribution is 0.114. The quantitative estimate of drug-likeness (QED) is 0.477. The zero-order valence-electron chi connectivity index (χ0n) is 9.75. The molecule has 0 fully saturated rings. The lowest BCUT2D eigenvalue weighted by Crippen LogP contribution is -2.06. The Kier molecular flexibility index (Phi) is 13.7. The topological polar surface area (TPSA) is 70.5 Å². The Bertz CT molecular complexity index is 101. The second-order valence-corrected chi connectivity index (χ2v) is 3.57. The summed E-state index contributed by atoms with van der Waals surface area (Å²) in [7, 11) is 0. The first-order chi connectivity index (χ1) is 7.41. The number of ether oxygens (including phenoxy) is 2. The third-order valence-corrected chi connectivity index (χ3v) is 2.06. The van der Waals surface area contributed by atoms with E-state index in [1.165, 1.54) is 6.42 Å². The van der Waals surface area contributed by atoms with Crippen LogP contribution in [0.3, 0.4) is 0 Å². The van der Waals surface area contributed by atoms with Crippen molar-refractivity contribution in [3.63, 3.8) is 0 Å². The van der Waals surface area contributed by atoms with E-state index in [0.717, 1.165) is 65.2 Å². The van der Waals surface area contributed by atoms with Crippen LogP contribution in [0.5, 0.6) is 0 Å². The average Bonchev–Trinajstić information content (AvgIpc) is 2.26. The molecule has 0 bridgehead atoms. The Balaban J connectivity index is 2.81. The van der Waals surface area contributed by atoms with Crippen molar-refractivity contribution < 1.29 is 9.47 Å². The summed E-state index contributed by atoms with van der Waals surface area (Å²) in [5, 5.41) is 0. The maximum Gasteiger partial charge on any atom is 0.0478 e. The van der Waals surface area contributed by atoms with Crippen molar-refractivity contribution in [1.29, 1.82) is 0 Å². The molecular weight excluding hydrogens is 192 g/mol. The van der Waals surface area contributed by atoms with Crippen molar-refractivity contribution in [3.05, 3.63) is 0 Å². The van der Waals surface area contributed by atoms with Gasteiger partial charge in [-0.05, 0) is 45.2 Å². The Labute approximate surface area is 93.3 Å². The predicted octanol–water partition coefficient (Wildman–Crippen LogP) is 0.888. The van der Waals surface area contributed by atoms with Crippen molar-refractivity contribution in [2.45, 2.75) is 32.1 Å². The summed E-state index contributed by atoms with van der Waals surface area (Å²) >= 11 is 0. The Morgan fingerprint density at radius 1 is 0.533 bits per heavy atom. The molecule has 0 unspecified atom stereocenters. The van der Waals surface area contributed by atoms with Gasteiger partial charge in [0.15, 0.2) is 0 Å². The van der Waals surface area contributed by atoms with E-state index in [2.05, 4.69) is 0 Å². The van der Waals surface area contributed by atoms with Crippen LogP contribution in [-0.2, 0) is 9.47 Å². The summed E-state index contributed by atoms with van der Waals surface area (Å²) < 4.78 is 10.8. The highest BCUT2D eigenvalue weighted by molar-refractivity contribution is 4.43. The molecule has 0 heterocycles. The van der Waals surface area contributed by atoms with Gasteiger partial charge < -0.3 is 20.9 Å². The Hall–Kier alpha value is -0.160. The summed E-state index contributed by atoms with van der Waals surface area (Å²) in [5.74, 6) is 0. The fraction of sp³-hybridized carbons (Fsp3) is 1.00. The van der Waals surface area contributed by atoms with Crippen LogP contribution >= 0.6 is 0 Å². The van der Waals surface area contributed by atoms with Crippen LogP contribution in [0.1, 0.15) is 32.1 Å². The molecule has 0 aliphatic rings. The van der Waals surface area contributed by atoms with Crippen LogP contribution in [0.15, 0.2) is 0 Å². The third kappa shape index (κ3) is 13.8. The normalized spacial score (nSPS) is 10.8. The third-order valence-electron chi connectivity index (χ3n) is 2.06. The maximum absolute atomic E-state index is 5.38.